The van der Waals surface area contributed by atoms with Crippen molar-refractivity contribution < 1.29 is 4.79 Å². The number of likely N-dealkylation sites (tertiary alicyclic amines) is 1. The average molecular weight is 297 g/mol. The number of nitrogens with one attached hydrogen (secondary N) is 2. The minimum absolute atomic E-state index is 0.0144. The predicted molar refractivity (Wildman–Crippen MR) is 89.5 cm³/mol. The van der Waals surface area contributed by atoms with E-state index in [1.165, 1.54) is 32.1 Å². The first-order valence-electron chi connectivity index (χ1n) is 8.91. The fraction of sp³-hybridized carbons (Fsp3) is 0.941. The van der Waals surface area contributed by atoms with Crippen LogP contribution in [0.25, 0.3) is 0 Å². The first-order valence-corrected chi connectivity index (χ1v) is 8.91. The van der Waals surface area contributed by atoms with E-state index in [0.717, 1.165) is 39.1 Å². The quantitative estimate of drug-likeness (QED) is 0.609. The van der Waals surface area contributed by atoms with Crippen LogP contribution in [0, 0.1) is 5.92 Å². The zero-order valence-electron chi connectivity index (χ0n) is 14.3. The Morgan fingerprint density at radius 3 is 2.76 bits per heavy atom. The Labute approximate surface area is 131 Å². The Morgan fingerprint density at radius 1 is 1.24 bits per heavy atom. The zero-order chi connectivity index (χ0) is 15.5. The molecule has 1 heterocycles. The second-order valence-corrected chi connectivity index (χ2v) is 6.38. The first-order chi connectivity index (χ1) is 10.2. The van der Waals surface area contributed by atoms with Crippen molar-refractivity contribution in [1.29, 1.82) is 0 Å². The van der Waals surface area contributed by atoms with Gasteiger partial charge >= 0.3 is 0 Å². The summed E-state index contributed by atoms with van der Waals surface area (Å²) in [6, 6.07) is 0.0144. The fourth-order valence-electron chi connectivity index (χ4n) is 3.00. The first kappa shape index (κ1) is 18.4. The summed E-state index contributed by atoms with van der Waals surface area (Å²) in [6.45, 7) is 11.6. The molecule has 2 N–H and O–H groups in total. The van der Waals surface area contributed by atoms with Crippen LogP contribution in [0.2, 0.25) is 0 Å². The number of carbonyl (C=O) groups excluding carboxylic acids is 1. The molecule has 1 fully saturated rings. The summed E-state index contributed by atoms with van der Waals surface area (Å²) in [5, 5.41) is 6.60. The maximum Gasteiger partial charge on any atom is 0.237 e. The fourth-order valence-corrected chi connectivity index (χ4v) is 3.00. The van der Waals surface area contributed by atoms with Crippen LogP contribution in [0.3, 0.4) is 0 Å². The van der Waals surface area contributed by atoms with Gasteiger partial charge in [0.05, 0.1) is 6.04 Å². The van der Waals surface area contributed by atoms with Gasteiger partial charge in [-0.2, -0.15) is 0 Å². The van der Waals surface area contributed by atoms with Crippen LogP contribution in [0.4, 0.5) is 0 Å². The van der Waals surface area contributed by atoms with Crippen LogP contribution in [0.5, 0.6) is 0 Å². The second kappa shape index (κ2) is 11.0. The van der Waals surface area contributed by atoms with Crippen molar-refractivity contribution in [2.24, 2.45) is 5.92 Å². The third-order valence-electron chi connectivity index (χ3n) is 4.42. The molecule has 2 unspecified atom stereocenters. The summed E-state index contributed by atoms with van der Waals surface area (Å²) in [7, 11) is 0. The highest BCUT2D eigenvalue weighted by atomic mass is 16.2. The lowest BCUT2D eigenvalue weighted by atomic mass is 9.96. The molecule has 0 aromatic heterocycles. The van der Waals surface area contributed by atoms with E-state index in [1.54, 1.807) is 0 Å². The van der Waals surface area contributed by atoms with E-state index in [1.807, 2.05) is 0 Å². The summed E-state index contributed by atoms with van der Waals surface area (Å²) in [4.78, 5) is 14.6. The predicted octanol–water partition coefficient (Wildman–Crippen LogP) is 2.39. The monoisotopic (exact) mass is 297 g/mol. The van der Waals surface area contributed by atoms with Gasteiger partial charge in [0.1, 0.15) is 0 Å². The number of rotatable bonds is 10. The number of hydrogen-bond donors (Lipinski definition) is 2. The SMILES string of the molecule is CCCCCNC(=O)C(C)N1CCCC(CNCCC)C1. The summed E-state index contributed by atoms with van der Waals surface area (Å²) >= 11 is 0. The minimum Gasteiger partial charge on any atom is -0.355 e. The average Bonchev–Trinajstić information content (AvgIpc) is 2.51. The molecule has 0 bridgehead atoms. The molecule has 1 amide bonds. The third kappa shape index (κ3) is 7.28. The molecule has 0 spiro atoms. The minimum atomic E-state index is 0.0144. The molecule has 0 aromatic rings. The van der Waals surface area contributed by atoms with E-state index >= 15 is 0 Å². The molecule has 124 valence electrons. The van der Waals surface area contributed by atoms with Gasteiger partial charge in [-0.25, -0.2) is 0 Å². The molecule has 1 aliphatic heterocycles. The van der Waals surface area contributed by atoms with Crippen molar-refractivity contribution in [1.82, 2.24) is 15.5 Å². The molecule has 0 radical (unpaired) electrons. The smallest absolute Gasteiger partial charge is 0.237 e. The number of piperidine rings is 1. The Kier molecular flexibility index (Phi) is 9.68. The van der Waals surface area contributed by atoms with Crippen LogP contribution in [-0.2, 0) is 4.79 Å². The molecule has 1 rings (SSSR count). The lowest BCUT2D eigenvalue weighted by Gasteiger charge is -2.36. The zero-order valence-corrected chi connectivity index (χ0v) is 14.3. The lowest BCUT2D eigenvalue weighted by Crippen LogP contribution is -2.50. The van der Waals surface area contributed by atoms with E-state index in [9.17, 15) is 4.79 Å². The van der Waals surface area contributed by atoms with Crippen LogP contribution < -0.4 is 10.6 Å². The highest BCUT2D eigenvalue weighted by Gasteiger charge is 2.26. The van der Waals surface area contributed by atoms with E-state index in [4.69, 9.17) is 0 Å². The van der Waals surface area contributed by atoms with Crippen molar-refractivity contribution in [2.75, 3.05) is 32.7 Å². The number of carbonyl (C=O) groups is 1. The van der Waals surface area contributed by atoms with Crippen LogP contribution in [0.15, 0.2) is 0 Å². The Hall–Kier alpha value is -0.610. The van der Waals surface area contributed by atoms with Crippen molar-refractivity contribution in [2.45, 2.75) is 65.3 Å². The molecule has 0 aliphatic carbocycles. The molecule has 0 aromatic carbocycles. The van der Waals surface area contributed by atoms with Crippen molar-refractivity contribution in [3.63, 3.8) is 0 Å². The largest absolute Gasteiger partial charge is 0.355 e. The Bertz CT molecular complexity index is 283. The molecule has 2 atom stereocenters. The number of hydrogen-bond acceptors (Lipinski definition) is 3. The second-order valence-electron chi connectivity index (χ2n) is 6.38. The van der Waals surface area contributed by atoms with Gasteiger partial charge in [-0.1, -0.05) is 26.7 Å². The number of nitrogens with zero attached hydrogens (tertiary/aromatic N) is 1. The molecular formula is C17H35N3O. The van der Waals surface area contributed by atoms with E-state index in [2.05, 4.69) is 36.3 Å². The van der Waals surface area contributed by atoms with Crippen molar-refractivity contribution in [3.05, 3.63) is 0 Å². The third-order valence-corrected chi connectivity index (χ3v) is 4.42. The van der Waals surface area contributed by atoms with Crippen LogP contribution in [-0.4, -0.2) is 49.6 Å². The molecule has 1 aliphatic rings. The Morgan fingerprint density at radius 2 is 2.05 bits per heavy atom. The number of unbranched alkanes of at least 4 members (excludes halogenated alkanes) is 2. The molecule has 0 saturated carbocycles. The van der Waals surface area contributed by atoms with Crippen LogP contribution >= 0.6 is 0 Å². The highest BCUT2D eigenvalue weighted by Crippen LogP contribution is 2.18. The molecule has 21 heavy (non-hydrogen) atoms. The summed E-state index contributed by atoms with van der Waals surface area (Å²) in [6.07, 6.45) is 7.18. The topological polar surface area (TPSA) is 44.4 Å². The van der Waals surface area contributed by atoms with Gasteiger partial charge in [0.25, 0.3) is 0 Å². The van der Waals surface area contributed by atoms with Gasteiger partial charge < -0.3 is 10.6 Å². The van der Waals surface area contributed by atoms with Gasteiger partial charge in [-0.3, -0.25) is 9.69 Å². The maximum absolute atomic E-state index is 12.2. The van der Waals surface area contributed by atoms with Gasteiger partial charge in [0.15, 0.2) is 0 Å². The Balaban J connectivity index is 2.28. The molecular weight excluding hydrogens is 262 g/mol. The molecule has 4 nitrogen and oxygen atoms in total. The summed E-state index contributed by atoms with van der Waals surface area (Å²) < 4.78 is 0. The van der Waals surface area contributed by atoms with E-state index in [-0.39, 0.29) is 11.9 Å². The van der Waals surface area contributed by atoms with E-state index < -0.39 is 0 Å². The standard InChI is InChI=1S/C17H35N3O/c1-4-6-7-11-19-17(21)15(3)20-12-8-9-16(14-20)13-18-10-5-2/h15-16,18H,4-14H2,1-3H3,(H,19,21). The van der Waals surface area contributed by atoms with E-state index in [0.29, 0.717) is 5.92 Å². The van der Waals surface area contributed by atoms with Gasteiger partial charge in [-0.05, 0) is 58.2 Å². The van der Waals surface area contributed by atoms with Gasteiger partial charge in [0, 0.05) is 13.1 Å². The maximum atomic E-state index is 12.2. The lowest BCUT2D eigenvalue weighted by molar-refractivity contribution is -0.126. The van der Waals surface area contributed by atoms with Crippen molar-refractivity contribution in [3.8, 4) is 0 Å². The molecule has 1 saturated heterocycles. The summed E-state index contributed by atoms with van der Waals surface area (Å²) in [5.74, 6) is 0.897. The van der Waals surface area contributed by atoms with Gasteiger partial charge in [0.2, 0.25) is 5.91 Å². The highest BCUT2D eigenvalue weighted by molar-refractivity contribution is 5.81. The number of amides is 1. The van der Waals surface area contributed by atoms with Gasteiger partial charge in [-0.15, -0.1) is 0 Å². The van der Waals surface area contributed by atoms with Crippen LogP contribution in [0.1, 0.15) is 59.3 Å². The molecule has 4 heteroatoms. The van der Waals surface area contributed by atoms with Crippen molar-refractivity contribution >= 4 is 5.91 Å². The normalized spacial score (nSPS) is 21.2. The summed E-state index contributed by atoms with van der Waals surface area (Å²) in [5.41, 5.74) is 0.